The number of nitrogens with one attached hydrogen (secondary N) is 1. The first kappa shape index (κ1) is 18.7. The van der Waals surface area contributed by atoms with Gasteiger partial charge < -0.3 is 14.8 Å². The molecular weight excluding hydrogens is 342 g/mol. The maximum atomic E-state index is 12.5. The van der Waals surface area contributed by atoms with Gasteiger partial charge in [-0.1, -0.05) is 12.1 Å². The molecule has 0 aliphatic rings. The highest BCUT2D eigenvalue weighted by atomic mass is 32.1. The first-order valence-electron chi connectivity index (χ1n) is 7.55. The second-order valence-corrected chi connectivity index (χ2v) is 6.66. The van der Waals surface area contributed by atoms with Gasteiger partial charge in [0.25, 0.3) is 0 Å². The van der Waals surface area contributed by atoms with Crippen molar-refractivity contribution in [1.82, 2.24) is 0 Å². The minimum absolute atomic E-state index is 0.0114. The van der Waals surface area contributed by atoms with E-state index in [-0.39, 0.29) is 12.5 Å². The Morgan fingerprint density at radius 2 is 1.88 bits per heavy atom. The summed E-state index contributed by atoms with van der Waals surface area (Å²) in [6.07, 6.45) is 0. The first-order chi connectivity index (χ1) is 11.8. The number of aryl methyl sites for hydroxylation is 1. The van der Waals surface area contributed by atoms with Crippen LogP contribution in [0.25, 0.3) is 0 Å². The zero-order chi connectivity index (χ0) is 18.6. The number of benzene rings is 1. The van der Waals surface area contributed by atoms with Gasteiger partial charge in [0.15, 0.2) is 0 Å². The van der Waals surface area contributed by atoms with E-state index in [4.69, 9.17) is 4.74 Å². The summed E-state index contributed by atoms with van der Waals surface area (Å²) in [6, 6.07) is 6.68. The Hall–Kier alpha value is -2.67. The van der Waals surface area contributed by atoms with E-state index in [1.807, 2.05) is 13.8 Å². The number of hydrogen-bond donors (Lipinski definition) is 1. The number of hydrogen-bond acceptors (Lipinski definition) is 6. The molecule has 0 fully saturated rings. The Labute approximate surface area is 149 Å². The van der Waals surface area contributed by atoms with Crippen molar-refractivity contribution in [2.75, 3.05) is 12.4 Å². The van der Waals surface area contributed by atoms with Crippen LogP contribution in [0.3, 0.4) is 0 Å². The standard InChI is InChI=1S/C18H19NO5S/c1-10-11(2)25-16(19-12(3)20)15(10)18(22)24-9-13-6-5-7-14(8-13)17(21)23-4/h5-8H,9H2,1-4H3,(H,19,20). The van der Waals surface area contributed by atoms with Gasteiger partial charge in [0.05, 0.1) is 18.2 Å². The molecule has 7 heteroatoms. The number of methoxy groups -OCH3 is 1. The van der Waals surface area contributed by atoms with E-state index in [0.29, 0.717) is 21.7 Å². The molecule has 1 amide bonds. The van der Waals surface area contributed by atoms with Gasteiger partial charge in [-0.15, -0.1) is 11.3 Å². The minimum Gasteiger partial charge on any atom is -0.465 e. The molecule has 2 aromatic rings. The molecule has 1 aromatic heterocycles. The number of esters is 2. The molecule has 1 aromatic carbocycles. The molecule has 25 heavy (non-hydrogen) atoms. The summed E-state index contributed by atoms with van der Waals surface area (Å²) < 4.78 is 10.0. The quantitative estimate of drug-likeness (QED) is 0.825. The highest BCUT2D eigenvalue weighted by Crippen LogP contribution is 2.33. The third-order valence-electron chi connectivity index (χ3n) is 3.60. The Bertz CT molecular complexity index is 825. The Morgan fingerprint density at radius 3 is 2.52 bits per heavy atom. The lowest BCUT2D eigenvalue weighted by Crippen LogP contribution is -2.12. The largest absolute Gasteiger partial charge is 0.465 e. The monoisotopic (exact) mass is 361 g/mol. The molecule has 0 bridgehead atoms. The van der Waals surface area contributed by atoms with E-state index in [2.05, 4.69) is 10.1 Å². The number of carbonyl (C=O) groups is 3. The van der Waals surface area contributed by atoms with Crippen LogP contribution < -0.4 is 5.32 Å². The first-order valence-corrected chi connectivity index (χ1v) is 8.37. The second kappa shape index (κ2) is 7.94. The summed E-state index contributed by atoms with van der Waals surface area (Å²) >= 11 is 1.33. The van der Waals surface area contributed by atoms with Gasteiger partial charge in [-0.2, -0.15) is 0 Å². The summed E-state index contributed by atoms with van der Waals surface area (Å²) in [7, 11) is 1.31. The van der Waals surface area contributed by atoms with Crippen molar-refractivity contribution in [2.45, 2.75) is 27.4 Å². The van der Waals surface area contributed by atoms with Crippen molar-refractivity contribution in [3.63, 3.8) is 0 Å². The van der Waals surface area contributed by atoms with E-state index in [9.17, 15) is 14.4 Å². The molecular formula is C18H19NO5S. The van der Waals surface area contributed by atoms with Gasteiger partial charge >= 0.3 is 11.9 Å². The maximum absolute atomic E-state index is 12.5. The fourth-order valence-electron chi connectivity index (χ4n) is 2.25. The van der Waals surface area contributed by atoms with Crippen LogP contribution in [0.15, 0.2) is 24.3 Å². The third-order valence-corrected chi connectivity index (χ3v) is 4.72. The number of carbonyl (C=O) groups excluding carboxylic acids is 3. The van der Waals surface area contributed by atoms with E-state index in [1.165, 1.54) is 25.4 Å². The van der Waals surface area contributed by atoms with Crippen molar-refractivity contribution in [3.05, 3.63) is 51.4 Å². The van der Waals surface area contributed by atoms with Gasteiger partial charge in [0.1, 0.15) is 11.6 Å². The van der Waals surface area contributed by atoms with Crippen LogP contribution in [0.1, 0.15) is 43.6 Å². The summed E-state index contributed by atoms with van der Waals surface area (Å²) in [5, 5.41) is 3.15. The molecule has 2 rings (SSSR count). The summed E-state index contributed by atoms with van der Waals surface area (Å²) in [5.41, 5.74) is 2.20. The lowest BCUT2D eigenvalue weighted by molar-refractivity contribution is -0.114. The van der Waals surface area contributed by atoms with Gasteiger partial charge in [-0.05, 0) is 37.1 Å². The fraction of sp³-hybridized carbons (Fsp3) is 0.278. The maximum Gasteiger partial charge on any atom is 0.341 e. The van der Waals surface area contributed by atoms with E-state index < -0.39 is 11.9 Å². The zero-order valence-corrected chi connectivity index (χ0v) is 15.3. The average molecular weight is 361 g/mol. The van der Waals surface area contributed by atoms with Crippen LogP contribution >= 0.6 is 11.3 Å². The zero-order valence-electron chi connectivity index (χ0n) is 14.5. The summed E-state index contributed by atoms with van der Waals surface area (Å²) in [6.45, 7) is 5.09. The van der Waals surface area contributed by atoms with Crippen LogP contribution in [-0.2, 0) is 20.9 Å². The molecule has 0 saturated heterocycles. The number of ether oxygens (including phenoxy) is 2. The highest BCUT2D eigenvalue weighted by molar-refractivity contribution is 7.16. The second-order valence-electron chi connectivity index (χ2n) is 5.44. The van der Waals surface area contributed by atoms with E-state index >= 15 is 0 Å². The van der Waals surface area contributed by atoms with E-state index in [1.54, 1.807) is 24.3 Å². The normalized spacial score (nSPS) is 10.2. The number of thiophene rings is 1. The molecule has 1 N–H and O–H groups in total. The highest BCUT2D eigenvalue weighted by Gasteiger charge is 2.21. The fourth-order valence-corrected chi connectivity index (χ4v) is 3.34. The Balaban J connectivity index is 2.16. The molecule has 0 aliphatic heterocycles. The van der Waals surface area contributed by atoms with Crippen molar-refractivity contribution in [1.29, 1.82) is 0 Å². The van der Waals surface area contributed by atoms with Crippen molar-refractivity contribution >= 4 is 34.2 Å². The average Bonchev–Trinajstić information content (AvgIpc) is 2.85. The molecule has 6 nitrogen and oxygen atoms in total. The van der Waals surface area contributed by atoms with Gasteiger partial charge in [-0.3, -0.25) is 4.79 Å². The predicted octanol–water partition coefficient (Wildman–Crippen LogP) is 3.47. The topological polar surface area (TPSA) is 81.7 Å². The van der Waals surface area contributed by atoms with Crippen LogP contribution in [-0.4, -0.2) is 25.0 Å². The molecule has 0 atom stereocenters. The van der Waals surface area contributed by atoms with Gasteiger partial charge in [0.2, 0.25) is 5.91 Å². The number of amides is 1. The van der Waals surface area contributed by atoms with Crippen LogP contribution in [0.4, 0.5) is 5.00 Å². The smallest absolute Gasteiger partial charge is 0.341 e. The molecule has 0 unspecified atom stereocenters. The van der Waals surface area contributed by atoms with Crippen molar-refractivity contribution in [2.24, 2.45) is 0 Å². The van der Waals surface area contributed by atoms with Crippen LogP contribution in [0.5, 0.6) is 0 Å². The molecule has 1 heterocycles. The third kappa shape index (κ3) is 4.45. The Morgan fingerprint density at radius 1 is 1.16 bits per heavy atom. The summed E-state index contributed by atoms with van der Waals surface area (Å²) in [4.78, 5) is 36.3. The van der Waals surface area contributed by atoms with Crippen LogP contribution in [0, 0.1) is 13.8 Å². The van der Waals surface area contributed by atoms with Crippen molar-refractivity contribution < 1.29 is 23.9 Å². The minimum atomic E-state index is -0.519. The van der Waals surface area contributed by atoms with Crippen molar-refractivity contribution in [3.8, 4) is 0 Å². The SMILES string of the molecule is COC(=O)c1cccc(COC(=O)c2c(NC(C)=O)sc(C)c2C)c1. The predicted molar refractivity (Wildman–Crippen MR) is 95.0 cm³/mol. The van der Waals surface area contributed by atoms with Gasteiger partial charge in [-0.25, -0.2) is 9.59 Å². The molecule has 132 valence electrons. The Kier molecular flexibility index (Phi) is 5.93. The lowest BCUT2D eigenvalue weighted by atomic mass is 10.1. The molecule has 0 spiro atoms. The summed E-state index contributed by atoms with van der Waals surface area (Å²) in [5.74, 6) is -1.22. The molecule has 0 radical (unpaired) electrons. The molecule has 0 saturated carbocycles. The number of rotatable bonds is 5. The lowest BCUT2D eigenvalue weighted by Gasteiger charge is -2.08. The van der Waals surface area contributed by atoms with Gasteiger partial charge in [0, 0.05) is 11.8 Å². The van der Waals surface area contributed by atoms with E-state index in [0.717, 1.165) is 10.4 Å². The molecule has 0 aliphatic carbocycles. The van der Waals surface area contributed by atoms with Crippen LogP contribution in [0.2, 0.25) is 0 Å². The number of anilines is 1.